The molecule has 3 rings (SSSR count). The maximum absolute atomic E-state index is 12.6. The van der Waals surface area contributed by atoms with Gasteiger partial charge in [-0.25, -0.2) is 4.98 Å². The first kappa shape index (κ1) is 19.4. The maximum Gasteiger partial charge on any atom is 0.227 e. The standard InChI is InChI=1S/C20H22BrN3O3/c1-2-10-27-20-14(6-5-9-22-20)12-23-19(26)15-11-18(25)24(13-15)17-8-4-3-7-16(17)21/h3-9,15H,2,10-13H2,1H3,(H,23,26). The van der Waals surface area contributed by atoms with Crippen molar-refractivity contribution in [1.82, 2.24) is 10.3 Å². The van der Waals surface area contributed by atoms with E-state index in [1.165, 1.54) is 0 Å². The summed E-state index contributed by atoms with van der Waals surface area (Å²) in [5, 5.41) is 2.92. The molecule has 2 heterocycles. The quantitative estimate of drug-likeness (QED) is 0.729. The molecule has 1 atom stereocenters. The Morgan fingerprint density at radius 3 is 2.93 bits per heavy atom. The molecule has 142 valence electrons. The number of aromatic nitrogens is 1. The van der Waals surface area contributed by atoms with E-state index >= 15 is 0 Å². The summed E-state index contributed by atoms with van der Waals surface area (Å²) in [6.07, 6.45) is 2.76. The molecule has 7 heteroatoms. The van der Waals surface area contributed by atoms with E-state index in [0.29, 0.717) is 25.6 Å². The number of hydrogen-bond acceptors (Lipinski definition) is 4. The minimum atomic E-state index is -0.374. The van der Waals surface area contributed by atoms with E-state index in [1.54, 1.807) is 11.1 Å². The van der Waals surface area contributed by atoms with Gasteiger partial charge in [-0.15, -0.1) is 0 Å². The fraction of sp³-hybridized carbons (Fsp3) is 0.350. The number of hydrogen-bond donors (Lipinski definition) is 1. The van der Waals surface area contributed by atoms with Gasteiger partial charge in [0.1, 0.15) is 0 Å². The third-order valence-electron chi connectivity index (χ3n) is 4.39. The first-order valence-electron chi connectivity index (χ1n) is 8.99. The van der Waals surface area contributed by atoms with Gasteiger partial charge in [0.25, 0.3) is 0 Å². The predicted octanol–water partition coefficient (Wildman–Crippen LogP) is 3.30. The molecule has 1 N–H and O–H groups in total. The van der Waals surface area contributed by atoms with Gasteiger partial charge in [0.2, 0.25) is 17.7 Å². The second-order valence-electron chi connectivity index (χ2n) is 6.39. The third-order valence-corrected chi connectivity index (χ3v) is 5.06. The van der Waals surface area contributed by atoms with Gasteiger partial charge >= 0.3 is 0 Å². The lowest BCUT2D eigenvalue weighted by Crippen LogP contribution is -2.32. The Morgan fingerprint density at radius 1 is 1.33 bits per heavy atom. The Bertz CT molecular complexity index is 828. The van der Waals surface area contributed by atoms with Crippen molar-refractivity contribution >= 4 is 33.4 Å². The number of carbonyl (C=O) groups excluding carboxylic acids is 2. The van der Waals surface area contributed by atoms with Crippen LogP contribution in [0, 0.1) is 5.92 Å². The number of nitrogens with one attached hydrogen (secondary N) is 1. The zero-order valence-electron chi connectivity index (χ0n) is 15.2. The monoisotopic (exact) mass is 431 g/mol. The van der Waals surface area contributed by atoms with Crippen LogP contribution in [0.25, 0.3) is 0 Å². The van der Waals surface area contributed by atoms with Crippen LogP contribution < -0.4 is 15.0 Å². The van der Waals surface area contributed by atoms with Gasteiger partial charge in [-0.05, 0) is 40.5 Å². The van der Waals surface area contributed by atoms with Crippen molar-refractivity contribution in [2.24, 2.45) is 5.92 Å². The molecule has 1 aromatic heterocycles. The number of pyridine rings is 1. The Morgan fingerprint density at radius 2 is 2.15 bits per heavy atom. The van der Waals surface area contributed by atoms with Crippen LogP contribution in [0.4, 0.5) is 5.69 Å². The summed E-state index contributed by atoms with van der Waals surface area (Å²) in [7, 11) is 0. The average Bonchev–Trinajstić information content (AvgIpc) is 3.07. The van der Waals surface area contributed by atoms with Crippen LogP contribution in [0.5, 0.6) is 5.88 Å². The SMILES string of the molecule is CCCOc1ncccc1CNC(=O)C1CC(=O)N(c2ccccc2Br)C1. The molecule has 6 nitrogen and oxygen atoms in total. The van der Waals surface area contributed by atoms with Crippen LogP contribution in [0.1, 0.15) is 25.3 Å². The van der Waals surface area contributed by atoms with Crippen molar-refractivity contribution < 1.29 is 14.3 Å². The molecule has 0 saturated carbocycles. The van der Waals surface area contributed by atoms with Crippen LogP contribution in [0.15, 0.2) is 47.1 Å². The van der Waals surface area contributed by atoms with E-state index in [9.17, 15) is 9.59 Å². The first-order valence-corrected chi connectivity index (χ1v) is 9.78. The molecule has 1 unspecified atom stereocenters. The molecule has 0 radical (unpaired) electrons. The van der Waals surface area contributed by atoms with Crippen molar-refractivity contribution in [2.75, 3.05) is 18.1 Å². The highest BCUT2D eigenvalue weighted by atomic mass is 79.9. The van der Waals surface area contributed by atoms with E-state index in [4.69, 9.17) is 4.74 Å². The Labute approximate surface area is 167 Å². The van der Waals surface area contributed by atoms with Gasteiger partial charge < -0.3 is 15.0 Å². The molecular formula is C20H22BrN3O3. The van der Waals surface area contributed by atoms with Crippen molar-refractivity contribution in [3.63, 3.8) is 0 Å². The number of amides is 2. The molecule has 2 aromatic rings. The van der Waals surface area contributed by atoms with Crippen LogP contribution in [-0.4, -0.2) is 29.9 Å². The highest BCUT2D eigenvalue weighted by molar-refractivity contribution is 9.10. The molecular weight excluding hydrogens is 410 g/mol. The number of halogens is 1. The Hall–Kier alpha value is -2.41. The van der Waals surface area contributed by atoms with Gasteiger partial charge in [-0.3, -0.25) is 9.59 Å². The molecule has 2 amide bonds. The van der Waals surface area contributed by atoms with E-state index in [1.807, 2.05) is 43.3 Å². The molecule has 27 heavy (non-hydrogen) atoms. The summed E-state index contributed by atoms with van der Waals surface area (Å²) < 4.78 is 6.46. The van der Waals surface area contributed by atoms with Crippen LogP contribution in [0.2, 0.25) is 0 Å². The zero-order chi connectivity index (χ0) is 19.2. The molecule has 1 aliphatic rings. The lowest BCUT2D eigenvalue weighted by molar-refractivity contribution is -0.126. The second-order valence-corrected chi connectivity index (χ2v) is 7.25. The lowest BCUT2D eigenvalue weighted by Gasteiger charge is -2.18. The van der Waals surface area contributed by atoms with E-state index in [0.717, 1.165) is 22.1 Å². The van der Waals surface area contributed by atoms with Gasteiger partial charge in [0.15, 0.2) is 0 Å². The molecule has 0 bridgehead atoms. The normalized spacial score (nSPS) is 16.4. The lowest BCUT2D eigenvalue weighted by atomic mass is 10.1. The van der Waals surface area contributed by atoms with Crippen LogP contribution in [0.3, 0.4) is 0 Å². The molecule has 0 aliphatic carbocycles. The van der Waals surface area contributed by atoms with Gasteiger partial charge in [0.05, 0.1) is 18.2 Å². The molecule has 1 saturated heterocycles. The zero-order valence-corrected chi connectivity index (χ0v) is 16.7. The van der Waals surface area contributed by atoms with E-state index in [-0.39, 0.29) is 24.2 Å². The summed E-state index contributed by atoms with van der Waals surface area (Å²) in [4.78, 5) is 30.9. The number of nitrogens with zero attached hydrogens (tertiary/aromatic N) is 2. The number of benzene rings is 1. The largest absolute Gasteiger partial charge is 0.477 e. The summed E-state index contributed by atoms with van der Waals surface area (Å²) in [5.41, 5.74) is 1.62. The van der Waals surface area contributed by atoms with Gasteiger partial charge in [0, 0.05) is 35.7 Å². The predicted molar refractivity (Wildman–Crippen MR) is 106 cm³/mol. The summed E-state index contributed by atoms with van der Waals surface area (Å²) in [6, 6.07) is 11.2. The number of rotatable bonds is 7. The van der Waals surface area contributed by atoms with Crippen molar-refractivity contribution in [1.29, 1.82) is 0 Å². The van der Waals surface area contributed by atoms with E-state index < -0.39 is 0 Å². The highest BCUT2D eigenvalue weighted by Crippen LogP contribution is 2.31. The van der Waals surface area contributed by atoms with Crippen molar-refractivity contribution in [3.05, 3.63) is 52.6 Å². The van der Waals surface area contributed by atoms with Crippen molar-refractivity contribution in [3.8, 4) is 5.88 Å². The van der Waals surface area contributed by atoms with Gasteiger partial charge in [-0.1, -0.05) is 25.1 Å². The number of anilines is 1. The minimum Gasteiger partial charge on any atom is -0.477 e. The van der Waals surface area contributed by atoms with Crippen LogP contribution >= 0.6 is 15.9 Å². The number of ether oxygens (including phenoxy) is 1. The highest BCUT2D eigenvalue weighted by Gasteiger charge is 2.35. The topological polar surface area (TPSA) is 71.5 Å². The average molecular weight is 432 g/mol. The Balaban J connectivity index is 1.61. The van der Waals surface area contributed by atoms with Gasteiger partial charge in [-0.2, -0.15) is 0 Å². The van der Waals surface area contributed by atoms with E-state index in [2.05, 4.69) is 26.2 Å². The summed E-state index contributed by atoms with van der Waals surface area (Å²) in [6.45, 7) is 3.30. The Kier molecular flexibility index (Phi) is 6.45. The first-order chi connectivity index (χ1) is 13.1. The molecule has 1 aromatic carbocycles. The fourth-order valence-corrected chi connectivity index (χ4v) is 3.50. The van der Waals surface area contributed by atoms with Crippen LogP contribution in [-0.2, 0) is 16.1 Å². The number of para-hydroxylation sites is 1. The third kappa shape index (κ3) is 4.66. The maximum atomic E-state index is 12.6. The molecule has 1 fully saturated rings. The molecule has 0 spiro atoms. The number of carbonyl (C=O) groups is 2. The summed E-state index contributed by atoms with van der Waals surface area (Å²) in [5.74, 6) is -0.0168. The summed E-state index contributed by atoms with van der Waals surface area (Å²) >= 11 is 3.47. The fourth-order valence-electron chi connectivity index (χ4n) is 3.00. The second kappa shape index (κ2) is 8.99. The minimum absolute atomic E-state index is 0.0459. The molecule has 1 aliphatic heterocycles. The van der Waals surface area contributed by atoms with Crippen molar-refractivity contribution in [2.45, 2.75) is 26.3 Å². The smallest absolute Gasteiger partial charge is 0.227 e.